The van der Waals surface area contributed by atoms with Crippen LogP contribution in [-0.2, 0) is 0 Å². The molecule has 0 aliphatic carbocycles. The van der Waals surface area contributed by atoms with E-state index in [1.807, 2.05) is 16.9 Å². The molecule has 1 aromatic carbocycles. The lowest BCUT2D eigenvalue weighted by molar-refractivity contribution is 0.0955. The largest absolute Gasteiger partial charge is 0.494 e. The van der Waals surface area contributed by atoms with Crippen molar-refractivity contribution in [3.8, 4) is 5.88 Å². The number of hydrogen-bond donors (Lipinski definition) is 4. The van der Waals surface area contributed by atoms with E-state index in [9.17, 15) is 19.5 Å². The van der Waals surface area contributed by atoms with Gasteiger partial charge in [0.15, 0.2) is 0 Å². The summed E-state index contributed by atoms with van der Waals surface area (Å²) >= 11 is 0. The second-order valence-corrected chi connectivity index (χ2v) is 4.64. The van der Waals surface area contributed by atoms with E-state index in [0.717, 1.165) is 5.56 Å². The van der Waals surface area contributed by atoms with Crippen LogP contribution in [0.3, 0.4) is 0 Å². The molecule has 22 heavy (non-hydrogen) atoms. The minimum absolute atomic E-state index is 0.0514. The molecule has 2 aromatic rings. The van der Waals surface area contributed by atoms with Gasteiger partial charge in [0.2, 0.25) is 5.88 Å². The number of rotatable bonds is 3. The average Bonchev–Trinajstić information content (AvgIpc) is 2.44. The van der Waals surface area contributed by atoms with E-state index in [1.54, 1.807) is 24.3 Å². The minimum Gasteiger partial charge on any atom is -0.494 e. The van der Waals surface area contributed by atoms with E-state index in [0.29, 0.717) is 5.56 Å². The molecule has 0 bridgehead atoms. The fourth-order valence-corrected chi connectivity index (χ4v) is 1.77. The molecule has 0 aliphatic heterocycles. The molecule has 0 saturated heterocycles. The summed E-state index contributed by atoms with van der Waals surface area (Å²) in [6.45, 7) is 3.31. The topological polar surface area (TPSA) is 127 Å². The molecule has 0 saturated carbocycles. The maximum Gasteiger partial charge on any atom is 0.328 e. The van der Waals surface area contributed by atoms with Gasteiger partial charge in [0.1, 0.15) is 5.56 Å². The summed E-state index contributed by atoms with van der Waals surface area (Å²) in [6, 6.07) is 6.84. The van der Waals surface area contributed by atoms with E-state index in [2.05, 4.69) is 10.5 Å². The maximum atomic E-state index is 11.9. The molecule has 1 heterocycles. The van der Waals surface area contributed by atoms with E-state index in [1.165, 1.54) is 6.92 Å². The third-order valence-electron chi connectivity index (χ3n) is 2.92. The number of amides is 1. The van der Waals surface area contributed by atoms with Crippen LogP contribution in [0.5, 0.6) is 5.88 Å². The van der Waals surface area contributed by atoms with Gasteiger partial charge >= 0.3 is 5.69 Å². The molecular weight excluding hydrogens is 288 g/mol. The van der Waals surface area contributed by atoms with Crippen LogP contribution >= 0.6 is 0 Å². The number of aromatic amines is 2. The Morgan fingerprint density at radius 2 is 1.82 bits per heavy atom. The zero-order chi connectivity index (χ0) is 16.3. The molecule has 0 unspecified atom stereocenters. The van der Waals surface area contributed by atoms with Crippen LogP contribution in [-0.4, -0.2) is 26.7 Å². The Bertz CT molecular complexity index is 846. The number of benzene rings is 1. The highest BCUT2D eigenvalue weighted by molar-refractivity contribution is 6.01. The predicted octanol–water partition coefficient (Wildman–Crippen LogP) is 0.231. The number of aryl methyl sites for hydroxylation is 1. The van der Waals surface area contributed by atoms with Crippen molar-refractivity contribution in [2.75, 3.05) is 0 Å². The first-order chi connectivity index (χ1) is 10.4. The lowest BCUT2D eigenvalue weighted by Crippen LogP contribution is -2.28. The molecule has 1 aromatic heterocycles. The number of nitrogens with one attached hydrogen (secondary N) is 3. The molecule has 0 aliphatic rings. The summed E-state index contributed by atoms with van der Waals surface area (Å²) < 4.78 is 0. The second kappa shape index (κ2) is 6.08. The number of hydrazone groups is 1. The molecule has 1 amide bonds. The van der Waals surface area contributed by atoms with Crippen LogP contribution in [0.2, 0.25) is 0 Å². The summed E-state index contributed by atoms with van der Waals surface area (Å²) in [5.41, 5.74) is 1.90. The van der Waals surface area contributed by atoms with E-state index in [-0.39, 0.29) is 11.3 Å². The summed E-state index contributed by atoms with van der Waals surface area (Å²) in [6.07, 6.45) is 0. The number of aromatic hydroxyl groups is 1. The maximum absolute atomic E-state index is 11.9. The van der Waals surface area contributed by atoms with Crippen LogP contribution in [0.15, 0.2) is 39.0 Å². The number of aromatic nitrogens is 2. The highest BCUT2D eigenvalue weighted by atomic mass is 16.3. The quantitative estimate of drug-likeness (QED) is 0.478. The van der Waals surface area contributed by atoms with Gasteiger partial charge < -0.3 is 5.11 Å². The molecule has 8 nitrogen and oxygen atoms in total. The molecule has 2 rings (SSSR count). The average molecular weight is 302 g/mol. The van der Waals surface area contributed by atoms with Crippen LogP contribution in [0.4, 0.5) is 0 Å². The van der Waals surface area contributed by atoms with E-state index in [4.69, 9.17) is 0 Å². The molecule has 0 fully saturated rings. The van der Waals surface area contributed by atoms with Gasteiger partial charge in [0.05, 0.1) is 5.71 Å². The fraction of sp³-hybridized carbons (Fsp3) is 0.143. The van der Waals surface area contributed by atoms with Crippen LogP contribution < -0.4 is 16.7 Å². The number of carbonyl (C=O) groups is 1. The van der Waals surface area contributed by atoms with Crippen LogP contribution in [0.25, 0.3) is 0 Å². The molecule has 0 radical (unpaired) electrons. The summed E-state index contributed by atoms with van der Waals surface area (Å²) in [7, 11) is 0. The Morgan fingerprint density at radius 3 is 2.41 bits per heavy atom. The Balaban J connectivity index is 2.23. The highest BCUT2D eigenvalue weighted by Crippen LogP contribution is 2.06. The zero-order valence-corrected chi connectivity index (χ0v) is 11.9. The smallest absolute Gasteiger partial charge is 0.328 e. The molecule has 0 spiro atoms. The van der Waals surface area contributed by atoms with Crippen LogP contribution in [0.1, 0.15) is 28.4 Å². The van der Waals surface area contributed by atoms with Crippen molar-refractivity contribution in [1.29, 1.82) is 0 Å². The minimum atomic E-state index is -0.831. The lowest BCUT2D eigenvalue weighted by atomic mass is 10.1. The predicted molar refractivity (Wildman–Crippen MR) is 80.2 cm³/mol. The number of carbonyl (C=O) groups excluding carboxylic acids is 1. The fourth-order valence-electron chi connectivity index (χ4n) is 1.77. The standard InChI is InChI=1S/C14H14N4O4/c1-7-3-5-9(6-4-7)11(19)18-17-8(2)10-12(20)15-14(22)16-13(10)21/h3-6H,1-2H3,(H,18,19)(H3,15,16,20,21,22). The van der Waals surface area contributed by atoms with Gasteiger partial charge in [-0.05, 0) is 26.0 Å². The zero-order valence-electron chi connectivity index (χ0n) is 11.9. The Hall–Kier alpha value is -3.16. The van der Waals surface area contributed by atoms with E-state index < -0.39 is 23.0 Å². The van der Waals surface area contributed by atoms with Gasteiger partial charge in [0, 0.05) is 5.56 Å². The number of nitrogens with zero attached hydrogens (tertiary/aromatic N) is 1. The molecule has 0 atom stereocenters. The van der Waals surface area contributed by atoms with Crippen LogP contribution in [0, 0.1) is 6.92 Å². The van der Waals surface area contributed by atoms with E-state index >= 15 is 0 Å². The van der Waals surface area contributed by atoms with Crippen molar-refractivity contribution in [1.82, 2.24) is 15.4 Å². The molecule has 8 heteroatoms. The summed E-state index contributed by atoms with van der Waals surface area (Å²) in [5.74, 6) is -1.07. The van der Waals surface area contributed by atoms with Gasteiger partial charge in [-0.15, -0.1) is 0 Å². The van der Waals surface area contributed by atoms with Gasteiger partial charge in [-0.25, -0.2) is 10.2 Å². The molecule has 114 valence electrons. The lowest BCUT2D eigenvalue weighted by Gasteiger charge is -2.04. The van der Waals surface area contributed by atoms with Gasteiger partial charge in [0.25, 0.3) is 11.5 Å². The number of hydrogen-bond acceptors (Lipinski definition) is 5. The first-order valence-electron chi connectivity index (χ1n) is 6.35. The van der Waals surface area contributed by atoms with Crippen molar-refractivity contribution in [2.45, 2.75) is 13.8 Å². The summed E-state index contributed by atoms with van der Waals surface area (Å²) in [5, 5.41) is 13.3. The van der Waals surface area contributed by atoms with Gasteiger partial charge in [-0.1, -0.05) is 17.7 Å². The second-order valence-electron chi connectivity index (χ2n) is 4.64. The third kappa shape index (κ3) is 3.29. The molecule has 4 N–H and O–H groups in total. The third-order valence-corrected chi connectivity index (χ3v) is 2.92. The molecular formula is C14H14N4O4. The van der Waals surface area contributed by atoms with Crippen molar-refractivity contribution in [2.24, 2.45) is 5.10 Å². The SMILES string of the molecule is CC(=NNC(=O)c1ccc(C)cc1)c1c(O)[nH]c(=O)[nH]c1=O. The van der Waals surface area contributed by atoms with Gasteiger partial charge in [-0.3, -0.25) is 19.6 Å². The first kappa shape index (κ1) is 15.2. The number of H-pyrrole nitrogens is 2. The Kier molecular flexibility index (Phi) is 4.21. The van der Waals surface area contributed by atoms with Crippen molar-refractivity contribution in [3.05, 3.63) is 61.8 Å². The van der Waals surface area contributed by atoms with Crippen molar-refractivity contribution in [3.63, 3.8) is 0 Å². The first-order valence-corrected chi connectivity index (χ1v) is 6.35. The van der Waals surface area contributed by atoms with Crippen molar-refractivity contribution < 1.29 is 9.90 Å². The highest BCUT2D eigenvalue weighted by Gasteiger charge is 2.12. The Morgan fingerprint density at radius 1 is 1.18 bits per heavy atom. The Labute approximate surface area is 124 Å². The van der Waals surface area contributed by atoms with Gasteiger partial charge in [-0.2, -0.15) is 5.10 Å². The normalized spacial score (nSPS) is 11.3. The van der Waals surface area contributed by atoms with Crippen molar-refractivity contribution >= 4 is 11.6 Å². The summed E-state index contributed by atoms with van der Waals surface area (Å²) in [4.78, 5) is 38.5. The monoisotopic (exact) mass is 302 g/mol.